The zero-order valence-electron chi connectivity index (χ0n) is 12.7. The van der Waals surface area contributed by atoms with Gasteiger partial charge in [0, 0.05) is 6.20 Å². The number of aryl methyl sites for hydroxylation is 2. The maximum Gasteiger partial charge on any atom is 0.0645 e. The number of para-hydroxylation sites is 1. The first-order valence-corrected chi connectivity index (χ1v) is 7.47. The predicted molar refractivity (Wildman–Crippen MR) is 88.8 cm³/mol. The van der Waals surface area contributed by atoms with Crippen molar-refractivity contribution in [1.82, 2.24) is 9.78 Å². The van der Waals surface area contributed by atoms with Crippen LogP contribution < -0.4 is 0 Å². The second-order valence-electron chi connectivity index (χ2n) is 4.78. The molecule has 2 nitrogen and oxygen atoms in total. The van der Waals surface area contributed by atoms with Crippen LogP contribution in [0.15, 0.2) is 72.9 Å². The molecule has 0 N–H and O–H groups in total. The molecule has 0 unspecified atom stereocenters. The van der Waals surface area contributed by atoms with E-state index >= 15 is 0 Å². The first kappa shape index (κ1) is 15.0. The summed E-state index contributed by atoms with van der Waals surface area (Å²) in [6, 6.07) is 22.6. The van der Waals surface area contributed by atoms with E-state index in [1.54, 1.807) is 0 Å². The highest BCUT2D eigenvalue weighted by Gasteiger charge is 1.97. The molecule has 108 valence electrons. The molecule has 0 radical (unpaired) electrons. The number of nitrogens with zero attached hydrogens (tertiary/aromatic N) is 2. The Morgan fingerprint density at radius 3 is 1.86 bits per heavy atom. The van der Waals surface area contributed by atoms with Crippen molar-refractivity contribution in [3.05, 3.63) is 84.2 Å². The Hall–Kier alpha value is -2.35. The third-order valence-corrected chi connectivity index (χ3v) is 3.28. The fourth-order valence-electron chi connectivity index (χ4n) is 1.99. The van der Waals surface area contributed by atoms with Gasteiger partial charge in [-0.05, 0) is 36.6 Å². The normalized spacial score (nSPS) is 9.81. The summed E-state index contributed by atoms with van der Waals surface area (Å²) in [5.74, 6) is 0. The van der Waals surface area contributed by atoms with Crippen LogP contribution in [-0.2, 0) is 12.8 Å². The van der Waals surface area contributed by atoms with E-state index in [9.17, 15) is 0 Å². The van der Waals surface area contributed by atoms with E-state index in [1.807, 2.05) is 53.3 Å². The maximum absolute atomic E-state index is 4.42. The summed E-state index contributed by atoms with van der Waals surface area (Å²) in [6.07, 6.45) is 4.12. The Morgan fingerprint density at radius 1 is 0.762 bits per heavy atom. The van der Waals surface area contributed by atoms with Crippen LogP contribution in [-0.4, -0.2) is 9.78 Å². The highest BCUT2D eigenvalue weighted by atomic mass is 15.3. The number of rotatable bonds is 3. The summed E-state index contributed by atoms with van der Waals surface area (Å²) in [5.41, 5.74) is 3.65. The largest absolute Gasteiger partial charge is 0.241 e. The topological polar surface area (TPSA) is 17.8 Å². The van der Waals surface area contributed by atoms with Gasteiger partial charge in [0.05, 0.1) is 11.4 Å². The van der Waals surface area contributed by atoms with Crippen LogP contribution in [0.5, 0.6) is 0 Å². The Bertz CT molecular complexity index is 627. The van der Waals surface area contributed by atoms with E-state index in [0.29, 0.717) is 0 Å². The molecule has 2 heteroatoms. The Balaban J connectivity index is 0.000000173. The van der Waals surface area contributed by atoms with Gasteiger partial charge in [0.2, 0.25) is 0 Å². The van der Waals surface area contributed by atoms with Gasteiger partial charge in [-0.25, -0.2) is 4.68 Å². The smallest absolute Gasteiger partial charge is 0.0645 e. The van der Waals surface area contributed by atoms with Crippen LogP contribution in [0.25, 0.3) is 5.69 Å². The average molecular weight is 278 g/mol. The first-order chi connectivity index (χ1) is 10.3. The van der Waals surface area contributed by atoms with Gasteiger partial charge in [-0.2, -0.15) is 5.10 Å². The minimum Gasteiger partial charge on any atom is -0.241 e. The highest BCUT2D eigenvalue weighted by Crippen LogP contribution is 2.06. The molecular formula is C19H22N2. The van der Waals surface area contributed by atoms with Crippen LogP contribution in [0, 0.1) is 0 Å². The lowest BCUT2D eigenvalue weighted by Crippen LogP contribution is -1.94. The maximum atomic E-state index is 4.42. The number of aromatic nitrogens is 2. The molecule has 0 saturated heterocycles. The Kier molecular flexibility index (Phi) is 5.77. The van der Waals surface area contributed by atoms with Gasteiger partial charge in [0.15, 0.2) is 0 Å². The number of hydrogen-bond donors (Lipinski definition) is 0. The second kappa shape index (κ2) is 8.05. The zero-order chi connectivity index (χ0) is 14.9. The van der Waals surface area contributed by atoms with Gasteiger partial charge in [-0.15, -0.1) is 0 Å². The van der Waals surface area contributed by atoms with Crippen LogP contribution in [0.4, 0.5) is 0 Å². The van der Waals surface area contributed by atoms with Crippen molar-refractivity contribution in [2.24, 2.45) is 0 Å². The van der Waals surface area contributed by atoms with Crippen LogP contribution in [0.2, 0.25) is 0 Å². The van der Waals surface area contributed by atoms with Gasteiger partial charge in [0.25, 0.3) is 0 Å². The molecule has 0 atom stereocenters. The number of benzene rings is 2. The summed E-state index contributed by atoms with van der Waals surface area (Å²) in [6.45, 7) is 4.27. The minimum atomic E-state index is 0.986. The van der Waals surface area contributed by atoms with Crippen molar-refractivity contribution in [1.29, 1.82) is 0 Å². The fraction of sp³-hybridized carbons (Fsp3) is 0.211. The second-order valence-corrected chi connectivity index (χ2v) is 4.78. The van der Waals surface area contributed by atoms with Crippen molar-refractivity contribution in [3.8, 4) is 5.69 Å². The summed E-state index contributed by atoms with van der Waals surface area (Å²) in [4.78, 5) is 0. The van der Waals surface area contributed by atoms with Gasteiger partial charge < -0.3 is 0 Å². The summed E-state index contributed by atoms with van der Waals surface area (Å²) < 4.78 is 1.90. The molecular weight excluding hydrogens is 256 g/mol. The van der Waals surface area contributed by atoms with Crippen molar-refractivity contribution < 1.29 is 0 Å². The molecule has 0 amide bonds. The van der Waals surface area contributed by atoms with E-state index < -0.39 is 0 Å². The lowest BCUT2D eigenvalue weighted by atomic mass is 10.2. The van der Waals surface area contributed by atoms with Gasteiger partial charge in [-0.3, -0.25) is 0 Å². The SMILES string of the molecule is CCc1ccccc1.CCc1ccn(-c2ccccc2)n1. The van der Waals surface area contributed by atoms with E-state index in [2.05, 4.69) is 43.2 Å². The van der Waals surface area contributed by atoms with E-state index in [-0.39, 0.29) is 0 Å². The summed E-state index contributed by atoms with van der Waals surface area (Å²) in [5, 5.41) is 4.42. The standard InChI is InChI=1S/C11H12N2.C8H10/c1-2-10-8-9-13(12-10)11-6-4-3-5-7-11;1-2-8-6-4-3-5-7-8/h3-9H,2H2,1H3;3-7H,2H2,1H3. The molecule has 0 bridgehead atoms. The Labute approximate surface area is 127 Å². The van der Waals surface area contributed by atoms with E-state index in [4.69, 9.17) is 0 Å². The van der Waals surface area contributed by atoms with Crippen molar-refractivity contribution >= 4 is 0 Å². The zero-order valence-corrected chi connectivity index (χ0v) is 12.7. The van der Waals surface area contributed by atoms with Crippen LogP contribution >= 0.6 is 0 Å². The quantitative estimate of drug-likeness (QED) is 0.680. The fourth-order valence-corrected chi connectivity index (χ4v) is 1.99. The molecule has 21 heavy (non-hydrogen) atoms. The molecule has 0 fully saturated rings. The van der Waals surface area contributed by atoms with E-state index in [0.717, 1.165) is 24.2 Å². The van der Waals surface area contributed by atoms with Crippen LogP contribution in [0.1, 0.15) is 25.1 Å². The van der Waals surface area contributed by atoms with Crippen molar-refractivity contribution in [3.63, 3.8) is 0 Å². The molecule has 0 spiro atoms. The first-order valence-electron chi connectivity index (χ1n) is 7.47. The van der Waals surface area contributed by atoms with Gasteiger partial charge >= 0.3 is 0 Å². The van der Waals surface area contributed by atoms with E-state index in [1.165, 1.54) is 5.56 Å². The molecule has 3 rings (SSSR count). The molecule has 0 aliphatic carbocycles. The number of hydrogen-bond acceptors (Lipinski definition) is 1. The summed E-state index contributed by atoms with van der Waals surface area (Å²) in [7, 11) is 0. The molecule has 1 aromatic heterocycles. The lowest BCUT2D eigenvalue weighted by molar-refractivity contribution is 0.841. The molecule has 0 saturated carbocycles. The van der Waals surface area contributed by atoms with Gasteiger partial charge in [-0.1, -0.05) is 62.4 Å². The molecule has 0 aliphatic heterocycles. The monoisotopic (exact) mass is 278 g/mol. The highest BCUT2D eigenvalue weighted by molar-refractivity contribution is 5.30. The average Bonchev–Trinajstić information content (AvgIpc) is 3.06. The van der Waals surface area contributed by atoms with Gasteiger partial charge in [0.1, 0.15) is 0 Å². The summed E-state index contributed by atoms with van der Waals surface area (Å²) >= 11 is 0. The van der Waals surface area contributed by atoms with Crippen molar-refractivity contribution in [2.75, 3.05) is 0 Å². The van der Waals surface area contributed by atoms with Crippen LogP contribution in [0.3, 0.4) is 0 Å². The molecule has 1 heterocycles. The third kappa shape index (κ3) is 4.60. The third-order valence-electron chi connectivity index (χ3n) is 3.28. The van der Waals surface area contributed by atoms with Crippen molar-refractivity contribution in [2.45, 2.75) is 26.7 Å². The molecule has 0 aliphatic rings. The minimum absolute atomic E-state index is 0.986. The predicted octanol–water partition coefficient (Wildman–Crippen LogP) is 4.68. The molecule has 2 aromatic carbocycles. The lowest BCUT2D eigenvalue weighted by Gasteiger charge is -1.98. The Morgan fingerprint density at radius 2 is 1.38 bits per heavy atom. The molecule has 3 aromatic rings.